The second kappa shape index (κ2) is 7.99. The van der Waals surface area contributed by atoms with Gasteiger partial charge in [0.25, 0.3) is 0 Å². The molecule has 5 nitrogen and oxygen atoms in total. The molecule has 3 unspecified atom stereocenters. The summed E-state index contributed by atoms with van der Waals surface area (Å²) in [6.45, 7) is 3.38. The highest BCUT2D eigenvalue weighted by Crippen LogP contribution is 2.21. The fourth-order valence-electron chi connectivity index (χ4n) is 1.36. The molecule has 0 radical (unpaired) electrons. The number of Topliss-reactive ketones (excluding diaryl/α,β-unsaturated/α-hetero) is 1. The normalized spacial score (nSPS) is 17.1. The summed E-state index contributed by atoms with van der Waals surface area (Å²) >= 11 is 0. The number of hydrogen-bond acceptors (Lipinski definition) is 4. The largest absolute Gasteiger partial charge is 0.326 e. The van der Waals surface area contributed by atoms with E-state index in [-0.39, 0.29) is 5.78 Å². The van der Waals surface area contributed by atoms with E-state index in [0.29, 0.717) is 6.42 Å². The van der Waals surface area contributed by atoms with Crippen molar-refractivity contribution in [3.8, 4) is 0 Å². The molecule has 90 valence electrons. The monoisotopic (exact) mass is 237 g/mol. The minimum atomic E-state index is -3.10. The molecule has 3 N–H and O–H groups in total. The average molecular weight is 237 g/mol. The lowest BCUT2D eigenvalue weighted by molar-refractivity contribution is -0.124. The molecule has 0 aliphatic carbocycles. The van der Waals surface area contributed by atoms with Gasteiger partial charge in [-0.1, -0.05) is 26.2 Å². The van der Waals surface area contributed by atoms with Crippen molar-refractivity contribution < 1.29 is 18.8 Å². The first kappa shape index (κ1) is 14.8. The summed E-state index contributed by atoms with van der Waals surface area (Å²) < 4.78 is 15.1. The SMILES string of the molecule is CCCCCC(N)C(O[PH](=O)O)C(C)=O. The van der Waals surface area contributed by atoms with Gasteiger partial charge in [-0.2, -0.15) is 0 Å². The van der Waals surface area contributed by atoms with Gasteiger partial charge < -0.3 is 10.6 Å². The number of rotatable bonds is 8. The Balaban J connectivity index is 4.10. The summed E-state index contributed by atoms with van der Waals surface area (Å²) in [5.41, 5.74) is 5.73. The van der Waals surface area contributed by atoms with E-state index in [1.165, 1.54) is 6.92 Å². The number of hydrogen-bond donors (Lipinski definition) is 2. The molecular weight excluding hydrogens is 217 g/mol. The average Bonchev–Trinajstić information content (AvgIpc) is 2.13. The number of carbonyl (C=O) groups excluding carboxylic acids is 1. The Kier molecular flexibility index (Phi) is 7.88. The number of ketones is 1. The smallest absolute Gasteiger partial charge is 0.317 e. The summed E-state index contributed by atoms with van der Waals surface area (Å²) in [5.74, 6) is -0.300. The van der Waals surface area contributed by atoms with Gasteiger partial charge in [0.05, 0.1) is 0 Å². The van der Waals surface area contributed by atoms with Gasteiger partial charge in [-0.05, 0) is 13.3 Å². The van der Waals surface area contributed by atoms with Crippen LogP contribution < -0.4 is 5.73 Å². The van der Waals surface area contributed by atoms with Crippen molar-refractivity contribution in [1.82, 2.24) is 0 Å². The molecule has 0 saturated heterocycles. The fourth-order valence-corrected chi connectivity index (χ4v) is 1.92. The predicted molar refractivity (Wildman–Crippen MR) is 58.9 cm³/mol. The van der Waals surface area contributed by atoms with Crippen molar-refractivity contribution in [3.05, 3.63) is 0 Å². The molecule has 0 rings (SSSR count). The molecule has 0 aromatic carbocycles. The molecule has 0 aliphatic heterocycles. The van der Waals surface area contributed by atoms with Crippen LogP contribution in [0.2, 0.25) is 0 Å². The van der Waals surface area contributed by atoms with E-state index in [2.05, 4.69) is 11.4 Å². The van der Waals surface area contributed by atoms with Gasteiger partial charge in [0.1, 0.15) is 6.10 Å². The van der Waals surface area contributed by atoms with Crippen LogP contribution in [0.1, 0.15) is 39.5 Å². The summed E-state index contributed by atoms with van der Waals surface area (Å²) in [7, 11) is -3.10. The van der Waals surface area contributed by atoms with Crippen molar-refractivity contribution in [2.24, 2.45) is 5.73 Å². The zero-order chi connectivity index (χ0) is 11.8. The second-order valence-corrected chi connectivity index (χ2v) is 4.34. The van der Waals surface area contributed by atoms with E-state index >= 15 is 0 Å². The molecule has 0 amide bonds. The Hall–Kier alpha value is -0.220. The van der Waals surface area contributed by atoms with E-state index in [9.17, 15) is 9.36 Å². The van der Waals surface area contributed by atoms with Crippen molar-refractivity contribution in [3.63, 3.8) is 0 Å². The van der Waals surface area contributed by atoms with E-state index in [1.807, 2.05) is 0 Å². The molecule has 0 aromatic rings. The third-order valence-corrected chi connectivity index (χ3v) is 2.61. The lowest BCUT2D eigenvalue weighted by Gasteiger charge is -2.20. The molecule has 0 fully saturated rings. The van der Waals surface area contributed by atoms with Crippen molar-refractivity contribution in [1.29, 1.82) is 0 Å². The Morgan fingerprint density at radius 3 is 2.53 bits per heavy atom. The quantitative estimate of drug-likeness (QED) is 0.490. The molecule has 6 heteroatoms. The highest BCUT2D eigenvalue weighted by molar-refractivity contribution is 7.32. The minimum absolute atomic E-state index is 0.300. The van der Waals surface area contributed by atoms with Crippen LogP contribution in [0.25, 0.3) is 0 Å². The van der Waals surface area contributed by atoms with Crippen LogP contribution >= 0.6 is 8.25 Å². The predicted octanol–water partition coefficient (Wildman–Crippen LogP) is 1.25. The molecule has 0 aromatic heterocycles. The topological polar surface area (TPSA) is 89.6 Å². The minimum Gasteiger partial charge on any atom is -0.326 e. The highest BCUT2D eigenvalue weighted by Gasteiger charge is 2.24. The number of unbranched alkanes of at least 4 members (excludes halogenated alkanes) is 2. The van der Waals surface area contributed by atoms with Crippen LogP contribution in [0.5, 0.6) is 0 Å². The molecule has 0 bridgehead atoms. The van der Waals surface area contributed by atoms with Gasteiger partial charge in [0.2, 0.25) is 0 Å². The van der Waals surface area contributed by atoms with Crippen LogP contribution in [0.3, 0.4) is 0 Å². The summed E-state index contributed by atoms with van der Waals surface area (Å²) in [6, 6.07) is -0.491. The van der Waals surface area contributed by atoms with Crippen LogP contribution in [-0.4, -0.2) is 22.8 Å². The van der Waals surface area contributed by atoms with E-state index < -0.39 is 20.4 Å². The van der Waals surface area contributed by atoms with Gasteiger partial charge in [0.15, 0.2) is 5.78 Å². The lowest BCUT2D eigenvalue weighted by Crippen LogP contribution is -2.40. The first-order valence-corrected chi connectivity index (χ1v) is 6.41. The molecular formula is C9H20NO4P. The van der Waals surface area contributed by atoms with Crippen LogP contribution in [0.4, 0.5) is 0 Å². The Morgan fingerprint density at radius 1 is 1.53 bits per heavy atom. The van der Waals surface area contributed by atoms with Gasteiger partial charge in [-0.3, -0.25) is 13.9 Å². The van der Waals surface area contributed by atoms with Gasteiger partial charge in [-0.15, -0.1) is 0 Å². The lowest BCUT2D eigenvalue weighted by atomic mass is 10.0. The zero-order valence-corrected chi connectivity index (χ0v) is 10.2. The molecule has 0 heterocycles. The standard InChI is InChI=1S/C9H20NO4P/c1-3-4-5-6-8(10)9(7(2)11)14-15(12)13/h8-9,15H,3-6,10H2,1-2H3,(H,12,13). The maximum atomic E-state index is 11.1. The van der Waals surface area contributed by atoms with E-state index in [0.717, 1.165) is 19.3 Å². The second-order valence-electron chi connectivity index (χ2n) is 3.57. The maximum Gasteiger partial charge on any atom is 0.317 e. The first-order valence-electron chi connectivity index (χ1n) is 5.14. The maximum absolute atomic E-state index is 11.1. The molecule has 0 spiro atoms. The first-order chi connectivity index (χ1) is 6.99. The summed E-state index contributed by atoms with van der Waals surface area (Å²) in [6.07, 6.45) is 2.68. The molecule has 0 aliphatic rings. The summed E-state index contributed by atoms with van der Waals surface area (Å²) in [4.78, 5) is 19.7. The van der Waals surface area contributed by atoms with Crippen LogP contribution in [0, 0.1) is 0 Å². The van der Waals surface area contributed by atoms with Crippen LogP contribution in [-0.2, 0) is 13.9 Å². The van der Waals surface area contributed by atoms with E-state index in [4.69, 9.17) is 10.6 Å². The Bertz CT molecular complexity index is 222. The fraction of sp³-hybridized carbons (Fsp3) is 0.889. The molecule has 3 atom stereocenters. The van der Waals surface area contributed by atoms with E-state index in [1.54, 1.807) is 0 Å². The summed E-state index contributed by atoms with van der Waals surface area (Å²) in [5, 5.41) is 0. The third kappa shape index (κ3) is 6.79. The van der Waals surface area contributed by atoms with Crippen molar-refractivity contribution >= 4 is 14.0 Å². The number of carbonyl (C=O) groups is 1. The third-order valence-electron chi connectivity index (χ3n) is 2.16. The number of nitrogens with two attached hydrogens (primary N) is 1. The molecule has 0 saturated carbocycles. The van der Waals surface area contributed by atoms with Gasteiger partial charge >= 0.3 is 8.25 Å². The van der Waals surface area contributed by atoms with Gasteiger partial charge in [-0.25, -0.2) is 0 Å². The zero-order valence-electron chi connectivity index (χ0n) is 9.23. The Labute approximate surface area is 90.9 Å². The molecule has 15 heavy (non-hydrogen) atoms. The van der Waals surface area contributed by atoms with Crippen LogP contribution in [0.15, 0.2) is 0 Å². The van der Waals surface area contributed by atoms with Crippen molar-refractivity contribution in [2.75, 3.05) is 0 Å². The Morgan fingerprint density at radius 2 is 2.13 bits per heavy atom. The van der Waals surface area contributed by atoms with Gasteiger partial charge in [0, 0.05) is 6.04 Å². The highest BCUT2D eigenvalue weighted by atomic mass is 31.1. The van der Waals surface area contributed by atoms with Crippen molar-refractivity contribution in [2.45, 2.75) is 51.7 Å².